The van der Waals surface area contributed by atoms with Crippen molar-refractivity contribution in [2.24, 2.45) is 0 Å². The summed E-state index contributed by atoms with van der Waals surface area (Å²) in [5.74, 6) is -0.439. The van der Waals surface area contributed by atoms with E-state index in [1.165, 1.54) is 0 Å². The molecule has 0 aliphatic heterocycles. The van der Waals surface area contributed by atoms with Crippen LogP contribution < -0.4 is 5.32 Å². The molecule has 122 valence electrons. The number of benzene rings is 2. The molecule has 0 bridgehead atoms. The second kappa shape index (κ2) is 8.46. The number of carbonyl (C=O) groups excluding carboxylic acids is 1. The lowest BCUT2D eigenvalue weighted by molar-refractivity contribution is -0.125. The standard InChI is InChI=1S/C19H24N2O2/c1-21(2)14-13-17(15-9-5-3-6-10-15)19(23)20-18(22)16-11-7-4-8-12-16/h3-12,17-18,22H,13-14H2,1-2H3,(H,20,23). The molecule has 2 N–H and O–H groups in total. The molecule has 2 atom stereocenters. The van der Waals surface area contributed by atoms with Gasteiger partial charge in [0.05, 0.1) is 5.92 Å². The predicted octanol–water partition coefficient (Wildman–Crippen LogP) is 2.53. The lowest BCUT2D eigenvalue weighted by Crippen LogP contribution is -2.34. The van der Waals surface area contributed by atoms with Gasteiger partial charge >= 0.3 is 0 Å². The molecule has 0 aliphatic carbocycles. The summed E-state index contributed by atoms with van der Waals surface area (Å²) in [6, 6.07) is 18.8. The Morgan fingerprint density at radius 1 is 1.00 bits per heavy atom. The summed E-state index contributed by atoms with van der Waals surface area (Å²) in [6.45, 7) is 0.800. The van der Waals surface area contributed by atoms with Gasteiger partial charge in [-0.3, -0.25) is 4.79 Å². The first kappa shape index (κ1) is 17.2. The normalized spacial score (nSPS) is 13.6. The molecule has 4 nitrogen and oxygen atoms in total. The van der Waals surface area contributed by atoms with E-state index in [2.05, 4.69) is 10.2 Å². The first-order chi connectivity index (χ1) is 11.1. The van der Waals surface area contributed by atoms with E-state index < -0.39 is 6.23 Å². The maximum atomic E-state index is 12.7. The highest BCUT2D eigenvalue weighted by atomic mass is 16.3. The van der Waals surface area contributed by atoms with E-state index in [-0.39, 0.29) is 11.8 Å². The zero-order valence-electron chi connectivity index (χ0n) is 13.6. The molecular weight excluding hydrogens is 288 g/mol. The highest BCUT2D eigenvalue weighted by molar-refractivity contribution is 5.83. The van der Waals surface area contributed by atoms with Crippen LogP contribution in [-0.4, -0.2) is 36.6 Å². The number of nitrogens with zero attached hydrogens (tertiary/aromatic N) is 1. The first-order valence-corrected chi connectivity index (χ1v) is 7.81. The van der Waals surface area contributed by atoms with Crippen molar-refractivity contribution in [3.05, 3.63) is 71.8 Å². The summed E-state index contributed by atoms with van der Waals surface area (Å²) in [5, 5.41) is 12.9. The Morgan fingerprint density at radius 2 is 1.52 bits per heavy atom. The Hall–Kier alpha value is -2.17. The zero-order valence-corrected chi connectivity index (χ0v) is 13.6. The maximum Gasteiger partial charge on any atom is 0.229 e. The van der Waals surface area contributed by atoms with Gasteiger partial charge in [0.15, 0.2) is 6.23 Å². The molecule has 0 radical (unpaired) electrons. The number of aliphatic hydroxyl groups excluding tert-OH is 1. The van der Waals surface area contributed by atoms with Crippen molar-refractivity contribution in [1.29, 1.82) is 0 Å². The molecule has 0 aliphatic rings. The molecule has 0 saturated heterocycles. The molecule has 2 unspecified atom stereocenters. The van der Waals surface area contributed by atoms with Gasteiger partial charge in [-0.25, -0.2) is 0 Å². The van der Waals surface area contributed by atoms with E-state index in [0.29, 0.717) is 12.0 Å². The molecule has 0 fully saturated rings. The SMILES string of the molecule is CN(C)CCC(C(=O)NC(O)c1ccccc1)c1ccccc1. The highest BCUT2D eigenvalue weighted by Crippen LogP contribution is 2.21. The van der Waals surface area contributed by atoms with Gasteiger partial charge in [0.1, 0.15) is 0 Å². The Labute approximate surface area is 137 Å². The van der Waals surface area contributed by atoms with Crippen LogP contribution in [0.2, 0.25) is 0 Å². The fraction of sp³-hybridized carbons (Fsp3) is 0.316. The van der Waals surface area contributed by atoms with Crippen LogP contribution in [0.1, 0.15) is 29.7 Å². The van der Waals surface area contributed by atoms with Crippen LogP contribution >= 0.6 is 0 Å². The fourth-order valence-electron chi connectivity index (χ4n) is 2.48. The fourth-order valence-corrected chi connectivity index (χ4v) is 2.48. The van der Waals surface area contributed by atoms with Gasteiger partial charge in [0, 0.05) is 5.56 Å². The number of hydrogen-bond acceptors (Lipinski definition) is 3. The van der Waals surface area contributed by atoms with Gasteiger partial charge in [-0.2, -0.15) is 0 Å². The molecule has 0 spiro atoms. The van der Waals surface area contributed by atoms with Crippen LogP contribution in [0.5, 0.6) is 0 Å². The summed E-state index contributed by atoms with van der Waals surface area (Å²) in [6.07, 6.45) is -0.293. The van der Waals surface area contributed by atoms with Gasteiger partial charge < -0.3 is 15.3 Å². The minimum atomic E-state index is -0.991. The summed E-state index contributed by atoms with van der Waals surface area (Å²) >= 11 is 0. The highest BCUT2D eigenvalue weighted by Gasteiger charge is 2.22. The molecule has 23 heavy (non-hydrogen) atoms. The maximum absolute atomic E-state index is 12.7. The number of hydrogen-bond donors (Lipinski definition) is 2. The van der Waals surface area contributed by atoms with E-state index in [4.69, 9.17) is 0 Å². The Bertz CT molecular complexity index is 599. The Morgan fingerprint density at radius 3 is 2.04 bits per heavy atom. The molecule has 2 aromatic rings. The van der Waals surface area contributed by atoms with Crippen molar-refractivity contribution in [3.63, 3.8) is 0 Å². The molecule has 0 saturated carbocycles. The van der Waals surface area contributed by atoms with Crippen LogP contribution in [0.4, 0.5) is 0 Å². The smallest absolute Gasteiger partial charge is 0.229 e. The number of nitrogens with one attached hydrogen (secondary N) is 1. The molecule has 2 aromatic carbocycles. The second-order valence-corrected chi connectivity index (χ2v) is 5.88. The van der Waals surface area contributed by atoms with Crippen LogP contribution in [0.3, 0.4) is 0 Å². The first-order valence-electron chi connectivity index (χ1n) is 7.81. The van der Waals surface area contributed by atoms with E-state index in [1.54, 1.807) is 12.1 Å². The number of aliphatic hydroxyl groups is 1. The summed E-state index contributed by atoms with van der Waals surface area (Å²) in [4.78, 5) is 14.7. The number of amides is 1. The summed E-state index contributed by atoms with van der Waals surface area (Å²) in [7, 11) is 3.97. The van der Waals surface area contributed by atoms with Crippen molar-refractivity contribution in [2.75, 3.05) is 20.6 Å². The van der Waals surface area contributed by atoms with Gasteiger partial charge in [-0.05, 0) is 32.6 Å². The third-order valence-corrected chi connectivity index (χ3v) is 3.78. The van der Waals surface area contributed by atoms with Crippen LogP contribution in [0, 0.1) is 0 Å². The molecular formula is C19H24N2O2. The van der Waals surface area contributed by atoms with E-state index in [9.17, 15) is 9.90 Å². The Balaban J connectivity index is 2.10. The molecule has 0 aromatic heterocycles. The average molecular weight is 312 g/mol. The van der Waals surface area contributed by atoms with Crippen LogP contribution in [-0.2, 0) is 4.79 Å². The lowest BCUT2D eigenvalue weighted by atomic mass is 9.94. The number of carbonyl (C=O) groups is 1. The molecule has 0 heterocycles. The van der Waals surface area contributed by atoms with Crippen LogP contribution in [0.25, 0.3) is 0 Å². The largest absolute Gasteiger partial charge is 0.369 e. The third-order valence-electron chi connectivity index (χ3n) is 3.78. The number of rotatable bonds is 7. The van der Waals surface area contributed by atoms with Crippen molar-refractivity contribution < 1.29 is 9.90 Å². The zero-order chi connectivity index (χ0) is 16.7. The van der Waals surface area contributed by atoms with Crippen molar-refractivity contribution in [3.8, 4) is 0 Å². The van der Waals surface area contributed by atoms with Crippen molar-refractivity contribution in [1.82, 2.24) is 10.2 Å². The second-order valence-electron chi connectivity index (χ2n) is 5.88. The lowest BCUT2D eigenvalue weighted by Gasteiger charge is -2.21. The van der Waals surface area contributed by atoms with Crippen molar-refractivity contribution in [2.45, 2.75) is 18.6 Å². The van der Waals surface area contributed by atoms with Gasteiger partial charge in [-0.1, -0.05) is 60.7 Å². The Kier molecular flexibility index (Phi) is 6.32. The van der Waals surface area contributed by atoms with Crippen LogP contribution in [0.15, 0.2) is 60.7 Å². The summed E-state index contributed by atoms with van der Waals surface area (Å²) in [5.41, 5.74) is 1.65. The van der Waals surface area contributed by atoms with E-state index in [0.717, 1.165) is 12.1 Å². The van der Waals surface area contributed by atoms with Gasteiger partial charge in [0.25, 0.3) is 0 Å². The topological polar surface area (TPSA) is 52.6 Å². The van der Waals surface area contributed by atoms with Gasteiger partial charge in [-0.15, -0.1) is 0 Å². The van der Waals surface area contributed by atoms with E-state index in [1.807, 2.05) is 62.6 Å². The van der Waals surface area contributed by atoms with Gasteiger partial charge in [0.2, 0.25) is 5.91 Å². The summed E-state index contributed by atoms with van der Waals surface area (Å²) < 4.78 is 0. The molecule has 2 rings (SSSR count). The molecule has 4 heteroatoms. The average Bonchev–Trinajstić information content (AvgIpc) is 2.56. The minimum absolute atomic E-state index is 0.158. The van der Waals surface area contributed by atoms with Crippen molar-refractivity contribution >= 4 is 5.91 Å². The monoisotopic (exact) mass is 312 g/mol. The third kappa shape index (κ3) is 5.20. The predicted molar refractivity (Wildman–Crippen MR) is 91.9 cm³/mol. The minimum Gasteiger partial charge on any atom is -0.369 e. The molecule has 1 amide bonds. The quantitative estimate of drug-likeness (QED) is 0.773. The van der Waals surface area contributed by atoms with E-state index >= 15 is 0 Å².